The number of carbonyl (C=O) groups is 1. The first-order valence-corrected chi connectivity index (χ1v) is 6.59. The average Bonchev–Trinajstić information content (AvgIpc) is 2.16. The van der Waals surface area contributed by atoms with E-state index in [1.54, 1.807) is 4.90 Å². The molecule has 0 aromatic heterocycles. The molecule has 0 radical (unpaired) electrons. The minimum atomic E-state index is 0.0589. The summed E-state index contributed by atoms with van der Waals surface area (Å²) < 4.78 is 0. The monoisotopic (exact) mass is 218 g/mol. The van der Waals surface area contributed by atoms with Crippen molar-refractivity contribution in [1.29, 1.82) is 0 Å². The number of rotatable bonds is 6. The normalized spacial score (nSPS) is 12.3. The Morgan fingerprint density at radius 1 is 1.43 bits per heavy atom. The molecule has 0 fully saturated rings. The van der Waals surface area contributed by atoms with Gasteiger partial charge in [-0.3, -0.25) is 0 Å². The summed E-state index contributed by atoms with van der Waals surface area (Å²) in [5.74, 6) is 1.10. The molecule has 1 atom stereocenters. The van der Waals surface area contributed by atoms with E-state index >= 15 is 0 Å². The molecule has 3 nitrogen and oxygen atoms in total. The number of hydrogen-bond acceptors (Lipinski definition) is 2. The van der Waals surface area contributed by atoms with Gasteiger partial charge < -0.3 is 10.2 Å². The SMILES string of the molecule is CCN(CC)C(=O)NC(C)CCSC. The van der Waals surface area contributed by atoms with E-state index in [0.29, 0.717) is 0 Å². The lowest BCUT2D eigenvalue weighted by Crippen LogP contribution is -2.43. The lowest BCUT2D eigenvalue weighted by Gasteiger charge is -2.22. The second kappa shape index (κ2) is 7.97. The van der Waals surface area contributed by atoms with E-state index in [9.17, 15) is 4.79 Å². The quantitative estimate of drug-likeness (QED) is 0.741. The highest BCUT2D eigenvalue weighted by molar-refractivity contribution is 7.98. The van der Waals surface area contributed by atoms with Crippen LogP contribution in [-0.4, -0.2) is 42.1 Å². The third-order valence-corrected chi connectivity index (χ3v) is 2.82. The molecule has 0 rings (SSSR count). The summed E-state index contributed by atoms with van der Waals surface area (Å²) in [7, 11) is 0. The molecule has 2 amide bonds. The summed E-state index contributed by atoms with van der Waals surface area (Å²) in [5.41, 5.74) is 0. The third-order valence-electron chi connectivity index (χ3n) is 2.18. The average molecular weight is 218 g/mol. The Bertz CT molecular complexity index is 160. The van der Waals surface area contributed by atoms with Gasteiger partial charge in [0.15, 0.2) is 0 Å². The van der Waals surface area contributed by atoms with Crippen LogP contribution in [0.25, 0.3) is 0 Å². The lowest BCUT2D eigenvalue weighted by molar-refractivity contribution is 0.199. The van der Waals surface area contributed by atoms with Gasteiger partial charge in [0.1, 0.15) is 0 Å². The Hall–Kier alpha value is -0.380. The van der Waals surface area contributed by atoms with Crippen LogP contribution >= 0.6 is 11.8 Å². The van der Waals surface area contributed by atoms with E-state index in [4.69, 9.17) is 0 Å². The summed E-state index contributed by atoms with van der Waals surface area (Å²) in [6, 6.07) is 0.333. The maximum atomic E-state index is 11.6. The minimum absolute atomic E-state index is 0.0589. The topological polar surface area (TPSA) is 32.3 Å². The van der Waals surface area contributed by atoms with E-state index in [2.05, 4.69) is 18.5 Å². The molecule has 0 aliphatic rings. The van der Waals surface area contributed by atoms with E-state index in [1.807, 2.05) is 25.6 Å². The fourth-order valence-corrected chi connectivity index (χ4v) is 1.77. The highest BCUT2D eigenvalue weighted by atomic mass is 32.2. The number of thioether (sulfide) groups is 1. The molecule has 0 saturated heterocycles. The van der Waals surface area contributed by atoms with Crippen molar-refractivity contribution in [3.63, 3.8) is 0 Å². The van der Waals surface area contributed by atoms with Crippen molar-refractivity contribution >= 4 is 17.8 Å². The predicted molar refractivity (Wildman–Crippen MR) is 63.9 cm³/mol. The first-order valence-electron chi connectivity index (χ1n) is 5.20. The summed E-state index contributed by atoms with van der Waals surface area (Å²) >= 11 is 1.81. The van der Waals surface area contributed by atoms with Crippen LogP contribution in [0, 0.1) is 0 Å². The summed E-state index contributed by atoms with van der Waals surface area (Å²) in [6.45, 7) is 7.60. The molecule has 4 heteroatoms. The zero-order valence-electron chi connectivity index (χ0n) is 9.67. The molecular formula is C10H22N2OS. The van der Waals surface area contributed by atoms with Gasteiger partial charge in [0.05, 0.1) is 0 Å². The highest BCUT2D eigenvalue weighted by Crippen LogP contribution is 2.00. The second-order valence-corrected chi connectivity index (χ2v) is 4.29. The van der Waals surface area contributed by atoms with Gasteiger partial charge in [-0.1, -0.05) is 0 Å². The summed E-state index contributed by atoms with van der Waals surface area (Å²) in [5, 5.41) is 2.99. The standard InChI is InChI=1S/C10H22N2OS/c1-5-12(6-2)10(13)11-9(3)7-8-14-4/h9H,5-8H2,1-4H3,(H,11,13). The molecule has 0 heterocycles. The fourth-order valence-electron chi connectivity index (χ4n) is 1.18. The van der Waals surface area contributed by atoms with E-state index in [1.165, 1.54) is 0 Å². The van der Waals surface area contributed by atoms with Crippen LogP contribution in [0.4, 0.5) is 4.79 Å². The molecule has 84 valence electrons. The van der Waals surface area contributed by atoms with Crippen molar-refractivity contribution in [3.8, 4) is 0 Å². The van der Waals surface area contributed by atoms with Gasteiger partial charge >= 0.3 is 6.03 Å². The van der Waals surface area contributed by atoms with Crippen molar-refractivity contribution in [3.05, 3.63) is 0 Å². The first kappa shape index (κ1) is 13.6. The number of nitrogens with zero attached hydrogens (tertiary/aromatic N) is 1. The van der Waals surface area contributed by atoms with Crippen LogP contribution in [0.3, 0.4) is 0 Å². The number of nitrogens with one attached hydrogen (secondary N) is 1. The van der Waals surface area contributed by atoms with Gasteiger partial charge in [-0.25, -0.2) is 4.79 Å². The Labute approximate surface area is 91.6 Å². The van der Waals surface area contributed by atoms with Gasteiger partial charge in [-0.05, 0) is 39.2 Å². The molecule has 0 spiro atoms. The van der Waals surface area contributed by atoms with Gasteiger partial charge in [-0.15, -0.1) is 0 Å². The van der Waals surface area contributed by atoms with Crippen LogP contribution in [0.2, 0.25) is 0 Å². The van der Waals surface area contributed by atoms with Crippen LogP contribution in [0.1, 0.15) is 27.2 Å². The molecule has 0 aromatic carbocycles. The largest absolute Gasteiger partial charge is 0.336 e. The van der Waals surface area contributed by atoms with Crippen LogP contribution in [0.5, 0.6) is 0 Å². The maximum absolute atomic E-state index is 11.6. The van der Waals surface area contributed by atoms with Gasteiger partial charge in [0.25, 0.3) is 0 Å². The molecule has 0 bridgehead atoms. The zero-order valence-corrected chi connectivity index (χ0v) is 10.5. The van der Waals surface area contributed by atoms with E-state index < -0.39 is 0 Å². The van der Waals surface area contributed by atoms with Crippen LogP contribution in [0.15, 0.2) is 0 Å². The molecule has 0 aliphatic heterocycles. The molecule has 1 N–H and O–H groups in total. The molecule has 0 aromatic rings. The van der Waals surface area contributed by atoms with Gasteiger partial charge in [0, 0.05) is 19.1 Å². The number of urea groups is 1. The van der Waals surface area contributed by atoms with Crippen molar-refractivity contribution in [1.82, 2.24) is 10.2 Å². The number of amides is 2. The molecular weight excluding hydrogens is 196 g/mol. The van der Waals surface area contributed by atoms with Crippen molar-refractivity contribution in [2.24, 2.45) is 0 Å². The zero-order chi connectivity index (χ0) is 11.0. The third kappa shape index (κ3) is 5.37. The molecule has 0 aliphatic carbocycles. The van der Waals surface area contributed by atoms with Crippen molar-refractivity contribution in [2.45, 2.75) is 33.2 Å². The van der Waals surface area contributed by atoms with Gasteiger partial charge in [-0.2, -0.15) is 11.8 Å². The second-order valence-electron chi connectivity index (χ2n) is 3.30. The van der Waals surface area contributed by atoms with Crippen LogP contribution in [-0.2, 0) is 0 Å². The van der Waals surface area contributed by atoms with E-state index in [-0.39, 0.29) is 12.1 Å². The Morgan fingerprint density at radius 2 is 2.00 bits per heavy atom. The van der Waals surface area contributed by atoms with Crippen LogP contribution < -0.4 is 5.32 Å². The highest BCUT2D eigenvalue weighted by Gasteiger charge is 2.11. The summed E-state index contributed by atoms with van der Waals surface area (Å²) in [6.07, 6.45) is 3.12. The smallest absolute Gasteiger partial charge is 0.317 e. The Kier molecular flexibility index (Phi) is 7.76. The minimum Gasteiger partial charge on any atom is -0.336 e. The Balaban J connectivity index is 3.79. The molecule has 0 saturated carbocycles. The number of hydrogen-bond donors (Lipinski definition) is 1. The number of carbonyl (C=O) groups excluding carboxylic acids is 1. The van der Waals surface area contributed by atoms with Gasteiger partial charge in [0.2, 0.25) is 0 Å². The lowest BCUT2D eigenvalue weighted by atomic mass is 10.3. The predicted octanol–water partition coefficient (Wildman–Crippen LogP) is 2.18. The Morgan fingerprint density at radius 3 is 2.43 bits per heavy atom. The summed E-state index contributed by atoms with van der Waals surface area (Å²) in [4.78, 5) is 13.4. The maximum Gasteiger partial charge on any atom is 0.317 e. The molecule has 1 unspecified atom stereocenters. The van der Waals surface area contributed by atoms with E-state index in [0.717, 1.165) is 25.3 Å². The fraction of sp³-hybridized carbons (Fsp3) is 0.900. The van der Waals surface area contributed by atoms with Crippen molar-refractivity contribution < 1.29 is 4.79 Å². The first-order chi connectivity index (χ1) is 6.65. The molecule has 14 heavy (non-hydrogen) atoms. The van der Waals surface area contributed by atoms with Crippen molar-refractivity contribution in [2.75, 3.05) is 25.1 Å².